The molecule has 1 unspecified atom stereocenters. The molecule has 180 valence electrons. The van der Waals surface area contributed by atoms with Crippen molar-refractivity contribution >= 4 is 33.6 Å². The molecule has 2 aliphatic rings. The Labute approximate surface area is 200 Å². The van der Waals surface area contributed by atoms with Crippen LogP contribution < -0.4 is 15.6 Å². The number of benzene rings is 1. The van der Waals surface area contributed by atoms with E-state index in [4.69, 9.17) is 14.1 Å². The van der Waals surface area contributed by atoms with Crippen molar-refractivity contribution in [1.29, 1.82) is 0 Å². The number of rotatable bonds is 5. The average Bonchev–Trinajstić information content (AvgIpc) is 3.55. The normalized spacial score (nSPS) is 18.3. The van der Waals surface area contributed by atoms with Crippen LogP contribution in [0.4, 0.5) is 10.1 Å². The maximum absolute atomic E-state index is 15.3. The van der Waals surface area contributed by atoms with Crippen LogP contribution in [0.25, 0.3) is 21.9 Å². The fourth-order valence-electron chi connectivity index (χ4n) is 4.82. The number of fused-ring (bicyclic) bond motifs is 2. The Morgan fingerprint density at radius 1 is 1.31 bits per heavy atom. The van der Waals surface area contributed by atoms with Crippen LogP contribution in [0, 0.1) is 5.82 Å². The van der Waals surface area contributed by atoms with Gasteiger partial charge in [-0.15, -0.1) is 0 Å². The number of ether oxygens (including phenoxy) is 1. The van der Waals surface area contributed by atoms with Gasteiger partial charge in [-0.25, -0.2) is 14.2 Å². The van der Waals surface area contributed by atoms with Crippen LogP contribution in [-0.2, 0) is 4.74 Å². The van der Waals surface area contributed by atoms with Crippen molar-refractivity contribution in [3.63, 3.8) is 0 Å². The van der Waals surface area contributed by atoms with E-state index >= 15 is 4.39 Å². The molecule has 4 aromatic rings. The molecule has 0 spiro atoms. The van der Waals surface area contributed by atoms with Gasteiger partial charge in [-0.2, -0.15) is 0 Å². The second-order valence-corrected chi connectivity index (χ2v) is 9.05. The molecule has 0 bridgehead atoms. The molecule has 6 rings (SSSR count). The lowest BCUT2D eigenvalue weighted by molar-refractivity contribution is 0.0524. The lowest BCUT2D eigenvalue weighted by Gasteiger charge is -2.34. The van der Waals surface area contributed by atoms with E-state index in [0.717, 1.165) is 18.6 Å². The van der Waals surface area contributed by atoms with E-state index in [0.29, 0.717) is 47.3 Å². The highest BCUT2D eigenvalue weighted by molar-refractivity contribution is 5.97. The number of furan rings is 1. The lowest BCUT2D eigenvalue weighted by Crippen LogP contribution is -2.46. The van der Waals surface area contributed by atoms with Gasteiger partial charge in [0.2, 0.25) is 5.43 Å². The Hall–Kier alpha value is -3.72. The van der Waals surface area contributed by atoms with Gasteiger partial charge in [0.25, 0.3) is 0 Å². The number of aromatic nitrogens is 2. The summed E-state index contributed by atoms with van der Waals surface area (Å²) in [6, 6.07) is 8.69. The highest BCUT2D eigenvalue weighted by Crippen LogP contribution is 2.37. The first kappa shape index (κ1) is 21.8. The summed E-state index contributed by atoms with van der Waals surface area (Å²) in [6.45, 7) is 3.76. The maximum Gasteiger partial charge on any atom is 0.343 e. The maximum atomic E-state index is 15.3. The van der Waals surface area contributed by atoms with E-state index in [1.165, 1.54) is 6.07 Å². The van der Waals surface area contributed by atoms with Gasteiger partial charge in [-0.05, 0) is 50.1 Å². The first-order valence-corrected chi connectivity index (χ1v) is 11.9. The summed E-state index contributed by atoms with van der Waals surface area (Å²) < 4.78 is 27.8. The summed E-state index contributed by atoms with van der Waals surface area (Å²) in [5.41, 5.74) is 1.10. The molecule has 1 saturated carbocycles. The molecular weight excluding hydrogens is 451 g/mol. The molecule has 0 amide bonds. The molecule has 35 heavy (non-hydrogen) atoms. The van der Waals surface area contributed by atoms with Gasteiger partial charge >= 0.3 is 5.97 Å². The molecule has 1 aliphatic heterocycles. The van der Waals surface area contributed by atoms with E-state index in [1.54, 1.807) is 31.5 Å². The molecule has 3 aromatic heterocycles. The molecule has 0 radical (unpaired) electrons. The minimum atomic E-state index is -0.653. The Kier molecular flexibility index (Phi) is 5.29. The van der Waals surface area contributed by atoms with Crippen LogP contribution in [0.5, 0.6) is 0 Å². The Bertz CT molecular complexity index is 1490. The number of carbonyl (C=O) groups is 1. The Morgan fingerprint density at radius 3 is 2.91 bits per heavy atom. The number of carbonyl (C=O) groups excluding carboxylic acids is 1. The van der Waals surface area contributed by atoms with Crippen molar-refractivity contribution in [3.8, 4) is 0 Å². The van der Waals surface area contributed by atoms with Crippen LogP contribution >= 0.6 is 0 Å². The van der Waals surface area contributed by atoms with E-state index in [1.807, 2.05) is 21.6 Å². The predicted molar refractivity (Wildman–Crippen MR) is 129 cm³/mol. The third-order valence-corrected chi connectivity index (χ3v) is 6.70. The standard InChI is InChI=1S/C26H25FN4O4/c1-2-34-26(33)18-13-31(16-5-6-16)25-17(24(18)32)10-15-11-19(27)22(12-20(15)29-25)30-8-7-28-21(14-30)23-4-3-9-35-23/h3-4,9-13,16,21,28H,2,5-8,14H2,1H3. The minimum absolute atomic E-state index is 0.0192. The summed E-state index contributed by atoms with van der Waals surface area (Å²) in [6.07, 6.45) is 5.09. The average molecular weight is 477 g/mol. The van der Waals surface area contributed by atoms with Crippen LogP contribution in [0.1, 0.15) is 48.0 Å². The van der Waals surface area contributed by atoms with Crippen molar-refractivity contribution in [1.82, 2.24) is 14.9 Å². The fraction of sp³-hybridized carbons (Fsp3) is 0.346. The monoisotopic (exact) mass is 476 g/mol. The van der Waals surface area contributed by atoms with Crippen molar-refractivity contribution in [2.24, 2.45) is 0 Å². The quantitative estimate of drug-likeness (QED) is 0.345. The number of piperazine rings is 1. The Balaban J connectivity index is 1.46. The van der Waals surface area contributed by atoms with E-state index in [9.17, 15) is 9.59 Å². The summed E-state index contributed by atoms with van der Waals surface area (Å²) in [5, 5.41) is 4.21. The number of nitrogens with zero attached hydrogens (tertiary/aromatic N) is 3. The van der Waals surface area contributed by atoms with Gasteiger partial charge in [0, 0.05) is 37.3 Å². The van der Waals surface area contributed by atoms with Crippen LogP contribution in [0.15, 0.2) is 52.0 Å². The third-order valence-electron chi connectivity index (χ3n) is 6.70. The van der Waals surface area contributed by atoms with Gasteiger partial charge in [0.05, 0.1) is 35.5 Å². The molecular formula is C26H25FN4O4. The van der Waals surface area contributed by atoms with Gasteiger partial charge in [-0.3, -0.25) is 4.79 Å². The first-order valence-electron chi connectivity index (χ1n) is 11.9. The molecule has 1 saturated heterocycles. The topological polar surface area (TPSA) is 89.6 Å². The van der Waals surface area contributed by atoms with Crippen LogP contribution in [0.2, 0.25) is 0 Å². The predicted octanol–water partition coefficient (Wildman–Crippen LogP) is 3.94. The van der Waals surface area contributed by atoms with E-state index in [-0.39, 0.29) is 30.1 Å². The second kappa shape index (κ2) is 8.49. The molecule has 1 aromatic carbocycles. The highest BCUT2D eigenvalue weighted by atomic mass is 19.1. The highest BCUT2D eigenvalue weighted by Gasteiger charge is 2.29. The summed E-state index contributed by atoms with van der Waals surface area (Å²) in [5.74, 6) is -0.228. The number of hydrogen-bond donors (Lipinski definition) is 1. The number of anilines is 1. The van der Waals surface area contributed by atoms with Crippen LogP contribution in [0.3, 0.4) is 0 Å². The zero-order valence-electron chi connectivity index (χ0n) is 19.3. The zero-order valence-corrected chi connectivity index (χ0v) is 19.3. The molecule has 1 atom stereocenters. The van der Waals surface area contributed by atoms with E-state index < -0.39 is 11.4 Å². The number of nitrogens with one attached hydrogen (secondary N) is 1. The second-order valence-electron chi connectivity index (χ2n) is 9.05. The van der Waals surface area contributed by atoms with Crippen molar-refractivity contribution in [2.75, 3.05) is 31.1 Å². The minimum Gasteiger partial charge on any atom is -0.468 e. The zero-order chi connectivity index (χ0) is 24.1. The van der Waals surface area contributed by atoms with Crippen molar-refractivity contribution in [2.45, 2.75) is 31.8 Å². The molecule has 1 N–H and O–H groups in total. The van der Waals surface area contributed by atoms with Gasteiger partial charge < -0.3 is 23.9 Å². The van der Waals surface area contributed by atoms with Gasteiger partial charge in [0.1, 0.15) is 22.8 Å². The molecule has 1 aliphatic carbocycles. The lowest BCUT2D eigenvalue weighted by atomic mass is 10.1. The van der Waals surface area contributed by atoms with Gasteiger partial charge in [0.15, 0.2) is 0 Å². The summed E-state index contributed by atoms with van der Waals surface area (Å²) in [7, 11) is 0. The number of pyridine rings is 2. The third kappa shape index (κ3) is 3.85. The molecule has 8 nitrogen and oxygen atoms in total. The van der Waals surface area contributed by atoms with Crippen LogP contribution in [-0.4, -0.2) is 41.8 Å². The molecule has 4 heterocycles. The largest absolute Gasteiger partial charge is 0.468 e. The van der Waals surface area contributed by atoms with Crippen molar-refractivity contribution in [3.05, 3.63) is 70.2 Å². The molecule has 2 fully saturated rings. The Morgan fingerprint density at radius 2 is 2.17 bits per heavy atom. The number of hydrogen-bond acceptors (Lipinski definition) is 7. The van der Waals surface area contributed by atoms with Gasteiger partial charge in [-0.1, -0.05) is 0 Å². The summed E-state index contributed by atoms with van der Waals surface area (Å²) in [4.78, 5) is 32.4. The first-order chi connectivity index (χ1) is 17.0. The number of esters is 1. The molecule has 9 heteroatoms. The fourth-order valence-corrected chi connectivity index (χ4v) is 4.82. The summed E-state index contributed by atoms with van der Waals surface area (Å²) >= 11 is 0. The van der Waals surface area contributed by atoms with E-state index in [2.05, 4.69) is 5.32 Å². The number of halogens is 1. The smallest absolute Gasteiger partial charge is 0.343 e. The SMILES string of the molecule is CCOC(=O)c1cn(C2CC2)c2nc3cc(N4CCNC(c5ccco5)C4)c(F)cc3cc2c1=O. The van der Waals surface area contributed by atoms with Crippen molar-refractivity contribution < 1.29 is 18.3 Å².